The van der Waals surface area contributed by atoms with E-state index in [0.29, 0.717) is 11.4 Å². The van der Waals surface area contributed by atoms with Crippen LogP contribution < -0.4 is 10.6 Å². The minimum atomic E-state index is -0.274. The van der Waals surface area contributed by atoms with Gasteiger partial charge in [-0.25, -0.2) is 4.98 Å². The molecule has 0 bridgehead atoms. The molecule has 1 saturated carbocycles. The first-order valence-electron chi connectivity index (χ1n) is 7.29. The van der Waals surface area contributed by atoms with Crippen LogP contribution in [0, 0.1) is 12.8 Å². The van der Waals surface area contributed by atoms with Gasteiger partial charge in [-0.2, -0.15) is 0 Å². The third-order valence-corrected chi connectivity index (χ3v) is 4.84. The van der Waals surface area contributed by atoms with Gasteiger partial charge in [0.2, 0.25) is 0 Å². The van der Waals surface area contributed by atoms with E-state index in [1.54, 1.807) is 0 Å². The summed E-state index contributed by atoms with van der Waals surface area (Å²) in [7, 11) is 0. The fraction of sp³-hybridized carbons (Fsp3) is 0.714. The molecule has 2 rings (SSSR count). The lowest BCUT2D eigenvalue weighted by molar-refractivity contribution is 0.0664. The molecule has 2 atom stereocenters. The Morgan fingerprint density at radius 1 is 1.45 bits per heavy atom. The maximum atomic E-state index is 12.2. The standard InChI is InChI=1S/C14H23N3O2S/c1-3-15-14-17-9(2)12(20-14)13(19)16-8-10-6-4-5-7-11(10)18/h10-11,18H,3-8H2,1-2H3,(H,15,17)(H,16,19)/t10-,11+/m1/s1. The van der Waals surface area contributed by atoms with E-state index in [1.807, 2.05) is 13.8 Å². The average molecular weight is 297 g/mol. The topological polar surface area (TPSA) is 74.2 Å². The van der Waals surface area contributed by atoms with Crippen LogP contribution in [0.2, 0.25) is 0 Å². The van der Waals surface area contributed by atoms with Gasteiger partial charge in [0.1, 0.15) is 4.88 Å². The number of nitrogens with zero attached hydrogens (tertiary/aromatic N) is 1. The molecule has 1 amide bonds. The van der Waals surface area contributed by atoms with Gasteiger partial charge in [0.15, 0.2) is 5.13 Å². The van der Waals surface area contributed by atoms with Crippen molar-refractivity contribution in [2.45, 2.75) is 45.6 Å². The molecule has 3 N–H and O–H groups in total. The van der Waals surface area contributed by atoms with Gasteiger partial charge >= 0.3 is 0 Å². The minimum absolute atomic E-state index is 0.0815. The second kappa shape index (κ2) is 7.04. The third-order valence-electron chi connectivity index (χ3n) is 3.72. The van der Waals surface area contributed by atoms with Crippen molar-refractivity contribution in [2.75, 3.05) is 18.4 Å². The maximum Gasteiger partial charge on any atom is 0.263 e. The lowest BCUT2D eigenvalue weighted by atomic mass is 9.86. The zero-order valence-corrected chi connectivity index (χ0v) is 12.9. The first kappa shape index (κ1) is 15.3. The minimum Gasteiger partial charge on any atom is -0.393 e. The zero-order chi connectivity index (χ0) is 14.5. The second-order valence-electron chi connectivity index (χ2n) is 5.29. The molecule has 5 nitrogen and oxygen atoms in total. The number of carbonyl (C=O) groups excluding carboxylic acids is 1. The number of aryl methyl sites for hydroxylation is 1. The Kier molecular flexibility index (Phi) is 5.37. The highest BCUT2D eigenvalue weighted by molar-refractivity contribution is 7.17. The van der Waals surface area contributed by atoms with Crippen molar-refractivity contribution in [1.82, 2.24) is 10.3 Å². The fourth-order valence-corrected chi connectivity index (χ4v) is 3.51. The number of aliphatic hydroxyl groups excluding tert-OH is 1. The summed E-state index contributed by atoms with van der Waals surface area (Å²) in [5.74, 6) is 0.107. The van der Waals surface area contributed by atoms with Crippen molar-refractivity contribution < 1.29 is 9.90 Å². The van der Waals surface area contributed by atoms with E-state index < -0.39 is 0 Å². The molecule has 0 radical (unpaired) electrons. The van der Waals surface area contributed by atoms with E-state index in [-0.39, 0.29) is 17.9 Å². The number of aliphatic hydroxyl groups is 1. The number of amides is 1. The number of carbonyl (C=O) groups is 1. The first-order chi connectivity index (χ1) is 9.61. The summed E-state index contributed by atoms with van der Waals surface area (Å²) in [6.45, 7) is 5.19. The van der Waals surface area contributed by atoms with Crippen molar-refractivity contribution in [3.05, 3.63) is 10.6 Å². The third kappa shape index (κ3) is 3.70. The Morgan fingerprint density at radius 3 is 2.90 bits per heavy atom. The van der Waals surface area contributed by atoms with Gasteiger partial charge in [-0.05, 0) is 26.7 Å². The molecular weight excluding hydrogens is 274 g/mol. The summed E-state index contributed by atoms with van der Waals surface area (Å²) in [6.07, 6.45) is 3.80. The number of anilines is 1. The molecule has 1 aromatic heterocycles. The molecule has 1 heterocycles. The highest BCUT2D eigenvalue weighted by Crippen LogP contribution is 2.25. The zero-order valence-electron chi connectivity index (χ0n) is 12.1. The van der Waals surface area contributed by atoms with Crippen molar-refractivity contribution in [1.29, 1.82) is 0 Å². The predicted octanol–water partition coefficient (Wildman–Crippen LogP) is 2.16. The number of hydrogen-bond donors (Lipinski definition) is 3. The SMILES string of the molecule is CCNc1nc(C)c(C(=O)NC[C@H]2CCCC[C@@H]2O)s1. The summed E-state index contributed by atoms with van der Waals surface area (Å²) in [4.78, 5) is 17.2. The normalized spacial score (nSPS) is 22.6. The number of aromatic nitrogens is 1. The summed E-state index contributed by atoms with van der Waals surface area (Å²) in [5, 5.41) is 16.8. The molecule has 0 aromatic carbocycles. The van der Waals surface area contributed by atoms with Gasteiger partial charge in [0.25, 0.3) is 5.91 Å². The molecule has 0 spiro atoms. The number of rotatable bonds is 5. The second-order valence-corrected chi connectivity index (χ2v) is 6.28. The van der Waals surface area contributed by atoms with E-state index in [0.717, 1.165) is 43.1 Å². The van der Waals surface area contributed by atoms with Gasteiger partial charge < -0.3 is 15.7 Å². The van der Waals surface area contributed by atoms with Gasteiger partial charge in [-0.15, -0.1) is 0 Å². The Bertz CT molecular complexity index is 461. The van der Waals surface area contributed by atoms with Crippen LogP contribution in [0.1, 0.15) is 48.0 Å². The van der Waals surface area contributed by atoms with Gasteiger partial charge in [-0.1, -0.05) is 24.2 Å². The molecule has 1 aliphatic rings. The Morgan fingerprint density at radius 2 is 2.20 bits per heavy atom. The van der Waals surface area contributed by atoms with E-state index in [1.165, 1.54) is 11.3 Å². The maximum absolute atomic E-state index is 12.2. The Hall–Kier alpha value is -1.14. The van der Waals surface area contributed by atoms with Crippen LogP contribution in [-0.4, -0.2) is 35.2 Å². The monoisotopic (exact) mass is 297 g/mol. The molecule has 112 valence electrons. The Labute approximate surface area is 123 Å². The molecule has 0 saturated heterocycles. The van der Waals surface area contributed by atoms with Crippen LogP contribution in [0.3, 0.4) is 0 Å². The molecule has 1 aromatic rings. The summed E-state index contributed by atoms with van der Waals surface area (Å²) in [6, 6.07) is 0. The number of nitrogens with one attached hydrogen (secondary N) is 2. The molecular formula is C14H23N3O2S. The molecule has 0 aliphatic heterocycles. The van der Waals surface area contributed by atoms with E-state index >= 15 is 0 Å². The van der Waals surface area contributed by atoms with Crippen LogP contribution >= 0.6 is 11.3 Å². The molecule has 1 fully saturated rings. The van der Waals surface area contributed by atoms with Crippen molar-refractivity contribution in [3.8, 4) is 0 Å². The smallest absolute Gasteiger partial charge is 0.263 e. The predicted molar refractivity (Wildman–Crippen MR) is 81.3 cm³/mol. The van der Waals surface area contributed by atoms with E-state index in [2.05, 4.69) is 15.6 Å². The number of hydrogen-bond acceptors (Lipinski definition) is 5. The van der Waals surface area contributed by atoms with Crippen LogP contribution in [0.5, 0.6) is 0 Å². The molecule has 0 unspecified atom stereocenters. The molecule has 20 heavy (non-hydrogen) atoms. The van der Waals surface area contributed by atoms with Crippen LogP contribution in [0.4, 0.5) is 5.13 Å². The fourth-order valence-electron chi connectivity index (χ4n) is 2.56. The van der Waals surface area contributed by atoms with Gasteiger partial charge in [-0.3, -0.25) is 4.79 Å². The largest absolute Gasteiger partial charge is 0.393 e. The van der Waals surface area contributed by atoms with E-state index in [4.69, 9.17) is 0 Å². The van der Waals surface area contributed by atoms with Crippen LogP contribution in [-0.2, 0) is 0 Å². The van der Waals surface area contributed by atoms with Crippen LogP contribution in [0.25, 0.3) is 0 Å². The van der Waals surface area contributed by atoms with E-state index in [9.17, 15) is 9.90 Å². The lowest BCUT2D eigenvalue weighted by Gasteiger charge is -2.27. The Balaban J connectivity index is 1.91. The molecule has 6 heteroatoms. The summed E-state index contributed by atoms with van der Waals surface area (Å²) < 4.78 is 0. The van der Waals surface area contributed by atoms with Crippen molar-refractivity contribution in [3.63, 3.8) is 0 Å². The van der Waals surface area contributed by atoms with Crippen molar-refractivity contribution >= 4 is 22.4 Å². The summed E-state index contributed by atoms with van der Waals surface area (Å²) >= 11 is 1.38. The van der Waals surface area contributed by atoms with Crippen molar-refractivity contribution in [2.24, 2.45) is 5.92 Å². The summed E-state index contributed by atoms with van der Waals surface area (Å²) in [5.41, 5.74) is 0.757. The highest BCUT2D eigenvalue weighted by Gasteiger charge is 2.24. The van der Waals surface area contributed by atoms with Gasteiger partial charge in [0, 0.05) is 19.0 Å². The van der Waals surface area contributed by atoms with Gasteiger partial charge in [0.05, 0.1) is 11.8 Å². The lowest BCUT2D eigenvalue weighted by Crippen LogP contribution is -2.36. The molecule has 1 aliphatic carbocycles. The number of thiazole rings is 1. The quantitative estimate of drug-likeness (QED) is 0.778. The first-order valence-corrected chi connectivity index (χ1v) is 8.11. The van der Waals surface area contributed by atoms with Crippen LogP contribution in [0.15, 0.2) is 0 Å². The average Bonchev–Trinajstić information content (AvgIpc) is 2.79. The highest BCUT2D eigenvalue weighted by atomic mass is 32.1.